The summed E-state index contributed by atoms with van der Waals surface area (Å²) in [4.78, 5) is 11.0. The highest BCUT2D eigenvalue weighted by Crippen LogP contribution is 2.15. The van der Waals surface area contributed by atoms with E-state index in [4.69, 9.17) is 5.11 Å². The first kappa shape index (κ1) is 14.7. The van der Waals surface area contributed by atoms with E-state index >= 15 is 0 Å². The minimum absolute atomic E-state index is 0.0120. The molecule has 0 spiro atoms. The SMILES string of the molecule is CCCn1cc(S(=O)(=O)NC(C)C)cc1C(=O)O. The minimum atomic E-state index is -3.65. The van der Waals surface area contributed by atoms with Gasteiger partial charge in [-0.2, -0.15) is 0 Å². The van der Waals surface area contributed by atoms with E-state index < -0.39 is 16.0 Å². The van der Waals surface area contributed by atoms with Crippen LogP contribution >= 0.6 is 0 Å². The van der Waals surface area contributed by atoms with Crippen molar-refractivity contribution in [2.75, 3.05) is 0 Å². The van der Waals surface area contributed by atoms with Crippen LogP contribution in [-0.2, 0) is 16.6 Å². The Balaban J connectivity index is 3.19. The summed E-state index contributed by atoms with van der Waals surface area (Å²) in [6.45, 7) is 5.78. The second kappa shape index (κ2) is 5.53. The molecule has 6 nitrogen and oxygen atoms in total. The molecular weight excluding hydrogens is 256 g/mol. The van der Waals surface area contributed by atoms with Crippen LogP contribution < -0.4 is 4.72 Å². The predicted molar refractivity (Wildman–Crippen MR) is 67.1 cm³/mol. The van der Waals surface area contributed by atoms with Crippen LogP contribution in [0.2, 0.25) is 0 Å². The number of rotatable bonds is 6. The predicted octanol–water partition coefficient (Wildman–Crippen LogP) is 1.28. The Hall–Kier alpha value is -1.34. The summed E-state index contributed by atoms with van der Waals surface area (Å²) in [7, 11) is -3.65. The maximum atomic E-state index is 11.9. The summed E-state index contributed by atoms with van der Waals surface area (Å²) >= 11 is 0. The molecule has 0 aliphatic rings. The molecule has 0 atom stereocenters. The molecule has 0 fully saturated rings. The molecule has 1 heterocycles. The van der Waals surface area contributed by atoms with Crippen LogP contribution in [0.25, 0.3) is 0 Å². The number of carboxylic acids is 1. The molecule has 0 saturated carbocycles. The third kappa shape index (κ3) is 3.33. The Morgan fingerprint density at radius 2 is 2.11 bits per heavy atom. The molecule has 0 unspecified atom stereocenters. The van der Waals surface area contributed by atoms with Gasteiger partial charge in [0.05, 0.1) is 0 Å². The standard InChI is InChI=1S/C11H18N2O4S/c1-4-5-13-7-9(6-10(13)11(14)15)18(16,17)12-8(2)3/h6-8,12H,4-5H2,1-3H3,(H,14,15). The van der Waals surface area contributed by atoms with E-state index in [1.807, 2.05) is 6.92 Å². The van der Waals surface area contributed by atoms with E-state index in [0.29, 0.717) is 6.54 Å². The zero-order valence-electron chi connectivity index (χ0n) is 10.7. The monoisotopic (exact) mass is 274 g/mol. The molecule has 1 aromatic heterocycles. The van der Waals surface area contributed by atoms with Gasteiger partial charge in [0.25, 0.3) is 0 Å². The first-order valence-electron chi connectivity index (χ1n) is 5.73. The van der Waals surface area contributed by atoms with Gasteiger partial charge in [-0.05, 0) is 26.3 Å². The van der Waals surface area contributed by atoms with Crippen LogP contribution in [0.5, 0.6) is 0 Å². The summed E-state index contributed by atoms with van der Waals surface area (Å²) in [6.07, 6.45) is 2.09. The van der Waals surface area contributed by atoms with Gasteiger partial charge in [-0.25, -0.2) is 17.9 Å². The van der Waals surface area contributed by atoms with E-state index in [1.165, 1.54) is 16.8 Å². The van der Waals surface area contributed by atoms with Crippen molar-refractivity contribution in [1.82, 2.24) is 9.29 Å². The fourth-order valence-corrected chi connectivity index (χ4v) is 2.90. The second-order valence-corrected chi connectivity index (χ2v) is 6.05. The molecule has 0 bridgehead atoms. The number of aromatic carboxylic acids is 1. The molecule has 0 saturated heterocycles. The number of aromatic nitrogens is 1. The molecule has 1 aromatic rings. The van der Waals surface area contributed by atoms with E-state index in [2.05, 4.69) is 4.72 Å². The zero-order valence-corrected chi connectivity index (χ0v) is 11.5. The third-order valence-corrected chi connectivity index (χ3v) is 3.88. The Kier molecular flexibility index (Phi) is 4.53. The Labute approximate surface area is 107 Å². The largest absolute Gasteiger partial charge is 0.477 e. The Morgan fingerprint density at radius 1 is 1.50 bits per heavy atom. The maximum absolute atomic E-state index is 11.9. The number of sulfonamides is 1. The maximum Gasteiger partial charge on any atom is 0.352 e. The summed E-state index contributed by atoms with van der Waals surface area (Å²) in [6, 6.07) is 0.945. The van der Waals surface area contributed by atoms with Crippen molar-refractivity contribution in [3.8, 4) is 0 Å². The average molecular weight is 274 g/mol. The molecular formula is C11H18N2O4S. The minimum Gasteiger partial charge on any atom is -0.477 e. The molecule has 1 rings (SSSR count). The van der Waals surface area contributed by atoms with Crippen molar-refractivity contribution in [3.05, 3.63) is 18.0 Å². The highest BCUT2D eigenvalue weighted by molar-refractivity contribution is 7.89. The van der Waals surface area contributed by atoms with E-state index in [0.717, 1.165) is 6.42 Å². The van der Waals surface area contributed by atoms with Crippen molar-refractivity contribution in [3.63, 3.8) is 0 Å². The Bertz CT molecular complexity index is 531. The fraction of sp³-hybridized carbons (Fsp3) is 0.545. The van der Waals surface area contributed by atoms with Crippen LogP contribution in [0.15, 0.2) is 17.2 Å². The molecule has 18 heavy (non-hydrogen) atoms. The van der Waals surface area contributed by atoms with Gasteiger partial charge >= 0.3 is 5.97 Å². The molecule has 0 aromatic carbocycles. The quantitative estimate of drug-likeness (QED) is 0.818. The van der Waals surface area contributed by atoms with Gasteiger partial charge in [-0.1, -0.05) is 6.92 Å². The third-order valence-electron chi connectivity index (χ3n) is 2.26. The number of nitrogens with one attached hydrogen (secondary N) is 1. The van der Waals surface area contributed by atoms with Crippen molar-refractivity contribution in [2.24, 2.45) is 0 Å². The fourth-order valence-electron chi connectivity index (χ4n) is 1.61. The first-order valence-corrected chi connectivity index (χ1v) is 7.22. The molecule has 0 amide bonds. The van der Waals surface area contributed by atoms with Gasteiger partial charge in [-0.15, -0.1) is 0 Å². The first-order chi connectivity index (χ1) is 8.27. The van der Waals surface area contributed by atoms with Gasteiger partial charge in [0.2, 0.25) is 10.0 Å². The van der Waals surface area contributed by atoms with Crippen molar-refractivity contribution < 1.29 is 18.3 Å². The number of aryl methyl sites for hydroxylation is 1. The van der Waals surface area contributed by atoms with Gasteiger partial charge in [0.15, 0.2) is 0 Å². The van der Waals surface area contributed by atoms with E-state index in [9.17, 15) is 13.2 Å². The van der Waals surface area contributed by atoms with Gasteiger partial charge in [-0.3, -0.25) is 0 Å². The second-order valence-electron chi connectivity index (χ2n) is 4.34. The summed E-state index contributed by atoms with van der Waals surface area (Å²) < 4.78 is 27.7. The molecule has 0 radical (unpaired) electrons. The van der Waals surface area contributed by atoms with E-state index in [-0.39, 0.29) is 16.6 Å². The zero-order chi connectivity index (χ0) is 13.9. The highest BCUT2D eigenvalue weighted by atomic mass is 32.2. The lowest BCUT2D eigenvalue weighted by atomic mass is 10.4. The lowest BCUT2D eigenvalue weighted by Gasteiger charge is -2.07. The van der Waals surface area contributed by atoms with Crippen molar-refractivity contribution >= 4 is 16.0 Å². The number of hydrogen-bond donors (Lipinski definition) is 2. The van der Waals surface area contributed by atoms with Crippen LogP contribution in [0.1, 0.15) is 37.7 Å². The summed E-state index contributed by atoms with van der Waals surface area (Å²) in [5.41, 5.74) is -0.0130. The van der Waals surface area contributed by atoms with Gasteiger partial charge in [0, 0.05) is 18.8 Å². The van der Waals surface area contributed by atoms with Gasteiger partial charge < -0.3 is 9.67 Å². The van der Waals surface area contributed by atoms with Crippen LogP contribution in [0.4, 0.5) is 0 Å². The summed E-state index contributed by atoms with van der Waals surface area (Å²) in [5.74, 6) is -1.13. The lowest BCUT2D eigenvalue weighted by Crippen LogP contribution is -2.29. The summed E-state index contributed by atoms with van der Waals surface area (Å²) in [5, 5.41) is 9.02. The molecule has 7 heteroatoms. The molecule has 2 N–H and O–H groups in total. The topological polar surface area (TPSA) is 88.4 Å². The van der Waals surface area contributed by atoms with Crippen LogP contribution in [-0.4, -0.2) is 30.1 Å². The molecule has 0 aliphatic carbocycles. The van der Waals surface area contributed by atoms with Crippen LogP contribution in [0.3, 0.4) is 0 Å². The number of nitrogens with zero attached hydrogens (tertiary/aromatic N) is 1. The number of hydrogen-bond acceptors (Lipinski definition) is 3. The van der Waals surface area contributed by atoms with Crippen LogP contribution in [0, 0.1) is 0 Å². The highest BCUT2D eigenvalue weighted by Gasteiger charge is 2.21. The smallest absolute Gasteiger partial charge is 0.352 e. The number of carboxylic acid groups (broad SMARTS) is 1. The number of carbonyl (C=O) groups is 1. The van der Waals surface area contributed by atoms with E-state index in [1.54, 1.807) is 13.8 Å². The normalized spacial score (nSPS) is 12.0. The van der Waals surface area contributed by atoms with Crippen molar-refractivity contribution in [2.45, 2.75) is 44.7 Å². The Morgan fingerprint density at radius 3 is 2.56 bits per heavy atom. The average Bonchev–Trinajstić information content (AvgIpc) is 2.61. The lowest BCUT2D eigenvalue weighted by molar-refractivity contribution is 0.0685. The van der Waals surface area contributed by atoms with Gasteiger partial charge in [0.1, 0.15) is 10.6 Å². The molecule has 0 aliphatic heterocycles. The molecule has 102 valence electrons. The van der Waals surface area contributed by atoms with Crippen molar-refractivity contribution in [1.29, 1.82) is 0 Å².